The van der Waals surface area contributed by atoms with E-state index in [0.29, 0.717) is 17.6 Å². The van der Waals surface area contributed by atoms with E-state index in [4.69, 9.17) is 11.5 Å². The summed E-state index contributed by atoms with van der Waals surface area (Å²) in [7, 11) is 0. The van der Waals surface area contributed by atoms with E-state index in [0.717, 1.165) is 11.4 Å². The second kappa shape index (κ2) is 5.96. The fourth-order valence-electron chi connectivity index (χ4n) is 2.34. The minimum Gasteiger partial charge on any atom is -0.383 e. The zero-order valence-electron chi connectivity index (χ0n) is 13.2. The van der Waals surface area contributed by atoms with Crippen molar-refractivity contribution in [3.63, 3.8) is 0 Å². The van der Waals surface area contributed by atoms with Crippen LogP contribution in [0.3, 0.4) is 0 Å². The molecule has 23 heavy (non-hydrogen) atoms. The van der Waals surface area contributed by atoms with Crippen LogP contribution in [-0.4, -0.2) is 9.97 Å². The lowest BCUT2D eigenvalue weighted by molar-refractivity contribution is 1.09. The number of anilines is 5. The molecule has 0 radical (unpaired) electrons. The second-order valence-electron chi connectivity index (χ2n) is 5.52. The largest absolute Gasteiger partial charge is 0.383 e. The van der Waals surface area contributed by atoms with Gasteiger partial charge in [0.15, 0.2) is 0 Å². The molecule has 0 fully saturated rings. The summed E-state index contributed by atoms with van der Waals surface area (Å²) in [5.41, 5.74) is 16.0. The third-order valence-electron chi connectivity index (χ3n) is 3.54. The maximum Gasteiger partial charge on any atom is 0.238 e. The third kappa shape index (κ3) is 3.23. The first-order valence-electron chi connectivity index (χ1n) is 7.36. The number of rotatable bonds is 3. The molecule has 1 aromatic heterocycles. The van der Waals surface area contributed by atoms with Crippen LogP contribution < -0.4 is 16.4 Å². The van der Waals surface area contributed by atoms with Crippen LogP contribution >= 0.6 is 0 Å². The SMILES string of the molecule is Cc1ccc(N(c2ccc(C)cc2)c2nc(N)cc(N)n2)cc1. The van der Waals surface area contributed by atoms with E-state index in [1.165, 1.54) is 11.1 Å². The van der Waals surface area contributed by atoms with Crippen molar-refractivity contribution in [3.8, 4) is 0 Å². The Balaban J connectivity index is 2.16. The van der Waals surface area contributed by atoms with Gasteiger partial charge < -0.3 is 11.5 Å². The molecule has 0 aliphatic rings. The molecule has 0 aliphatic carbocycles. The molecule has 0 atom stereocenters. The summed E-state index contributed by atoms with van der Waals surface area (Å²) in [5, 5.41) is 0. The highest BCUT2D eigenvalue weighted by molar-refractivity contribution is 5.73. The van der Waals surface area contributed by atoms with Crippen LogP contribution in [0.25, 0.3) is 0 Å². The zero-order chi connectivity index (χ0) is 16.4. The highest BCUT2D eigenvalue weighted by atomic mass is 15.3. The van der Waals surface area contributed by atoms with Gasteiger partial charge in [-0.2, -0.15) is 9.97 Å². The molecule has 0 saturated carbocycles. The van der Waals surface area contributed by atoms with E-state index in [-0.39, 0.29) is 0 Å². The molecule has 5 nitrogen and oxygen atoms in total. The van der Waals surface area contributed by atoms with Gasteiger partial charge in [-0.15, -0.1) is 0 Å². The number of aryl methyl sites for hydroxylation is 2. The van der Waals surface area contributed by atoms with Crippen LogP contribution in [0.2, 0.25) is 0 Å². The van der Waals surface area contributed by atoms with Crippen LogP contribution in [0, 0.1) is 13.8 Å². The average Bonchev–Trinajstić information content (AvgIpc) is 2.50. The van der Waals surface area contributed by atoms with Gasteiger partial charge in [0, 0.05) is 17.4 Å². The van der Waals surface area contributed by atoms with Gasteiger partial charge in [0.05, 0.1) is 0 Å². The van der Waals surface area contributed by atoms with E-state index in [1.54, 1.807) is 6.07 Å². The maximum absolute atomic E-state index is 5.84. The van der Waals surface area contributed by atoms with Gasteiger partial charge in [0.2, 0.25) is 5.95 Å². The first-order valence-corrected chi connectivity index (χ1v) is 7.36. The zero-order valence-corrected chi connectivity index (χ0v) is 13.2. The summed E-state index contributed by atoms with van der Waals surface area (Å²) >= 11 is 0. The minimum absolute atomic E-state index is 0.344. The Morgan fingerprint density at radius 3 is 1.48 bits per heavy atom. The van der Waals surface area contributed by atoms with Crippen molar-refractivity contribution in [2.45, 2.75) is 13.8 Å². The molecule has 0 saturated heterocycles. The number of aromatic nitrogens is 2. The van der Waals surface area contributed by atoms with Gasteiger partial charge in [-0.25, -0.2) is 0 Å². The van der Waals surface area contributed by atoms with Gasteiger partial charge in [-0.3, -0.25) is 4.90 Å². The molecule has 0 aliphatic heterocycles. The number of hydrogen-bond acceptors (Lipinski definition) is 5. The van der Waals surface area contributed by atoms with Crippen molar-refractivity contribution in [3.05, 3.63) is 65.7 Å². The van der Waals surface area contributed by atoms with Crippen LogP contribution in [0.4, 0.5) is 29.0 Å². The summed E-state index contributed by atoms with van der Waals surface area (Å²) < 4.78 is 0. The molecule has 5 heteroatoms. The predicted octanol–water partition coefficient (Wildman–Crippen LogP) is 3.73. The van der Waals surface area contributed by atoms with E-state index in [9.17, 15) is 0 Å². The van der Waals surface area contributed by atoms with Crippen molar-refractivity contribution in [1.82, 2.24) is 9.97 Å². The number of nitrogen functional groups attached to an aromatic ring is 2. The number of nitrogens with zero attached hydrogens (tertiary/aromatic N) is 3. The Morgan fingerprint density at radius 1 is 0.696 bits per heavy atom. The summed E-state index contributed by atoms with van der Waals surface area (Å²) in [6.45, 7) is 4.10. The molecule has 0 amide bonds. The van der Waals surface area contributed by atoms with Gasteiger partial charge in [-0.05, 0) is 38.1 Å². The molecule has 2 aromatic carbocycles. The van der Waals surface area contributed by atoms with Gasteiger partial charge >= 0.3 is 0 Å². The molecular weight excluding hydrogens is 286 g/mol. The Kier molecular flexibility index (Phi) is 3.85. The van der Waals surface area contributed by atoms with E-state index in [2.05, 4.69) is 23.8 Å². The fourth-order valence-corrected chi connectivity index (χ4v) is 2.34. The molecule has 3 rings (SSSR count). The normalized spacial score (nSPS) is 10.5. The standard InChI is InChI=1S/C18H19N5/c1-12-3-7-14(8-4-12)23(15-9-5-13(2)6-10-15)18-21-16(19)11-17(20)22-18/h3-11H,1-2H3,(H4,19,20,21,22). The van der Waals surface area contributed by atoms with Gasteiger partial charge in [0.25, 0.3) is 0 Å². The minimum atomic E-state index is 0.344. The van der Waals surface area contributed by atoms with Crippen LogP contribution in [0.5, 0.6) is 0 Å². The van der Waals surface area contributed by atoms with Gasteiger partial charge in [-0.1, -0.05) is 35.4 Å². The smallest absolute Gasteiger partial charge is 0.238 e. The highest BCUT2D eigenvalue weighted by Crippen LogP contribution is 2.33. The lowest BCUT2D eigenvalue weighted by Gasteiger charge is -2.23. The number of hydrogen-bond donors (Lipinski definition) is 2. The van der Waals surface area contributed by atoms with Gasteiger partial charge in [0.1, 0.15) is 11.6 Å². The summed E-state index contributed by atoms with van der Waals surface area (Å²) in [6, 6.07) is 17.8. The Hall–Kier alpha value is -3.08. The quantitative estimate of drug-likeness (QED) is 0.770. The molecule has 116 valence electrons. The topological polar surface area (TPSA) is 81.1 Å². The first-order chi connectivity index (χ1) is 11.0. The van der Waals surface area contributed by atoms with E-state index < -0.39 is 0 Å². The van der Waals surface area contributed by atoms with Crippen molar-refractivity contribution >= 4 is 29.0 Å². The summed E-state index contributed by atoms with van der Waals surface area (Å²) in [5.74, 6) is 1.14. The lowest BCUT2D eigenvalue weighted by atomic mass is 10.1. The van der Waals surface area contributed by atoms with Crippen molar-refractivity contribution in [2.75, 3.05) is 16.4 Å². The number of benzene rings is 2. The predicted molar refractivity (Wildman–Crippen MR) is 95.0 cm³/mol. The molecule has 1 heterocycles. The average molecular weight is 305 g/mol. The van der Waals surface area contributed by atoms with Crippen molar-refractivity contribution in [2.24, 2.45) is 0 Å². The second-order valence-corrected chi connectivity index (χ2v) is 5.52. The summed E-state index contributed by atoms with van der Waals surface area (Å²) in [4.78, 5) is 10.6. The molecule has 3 aromatic rings. The molecule has 0 unspecified atom stereocenters. The molecule has 0 spiro atoms. The maximum atomic E-state index is 5.84. The van der Waals surface area contributed by atoms with Crippen LogP contribution in [0.1, 0.15) is 11.1 Å². The third-order valence-corrected chi connectivity index (χ3v) is 3.54. The van der Waals surface area contributed by atoms with E-state index in [1.807, 2.05) is 53.4 Å². The molecule has 4 N–H and O–H groups in total. The lowest BCUT2D eigenvalue weighted by Crippen LogP contribution is -2.15. The van der Waals surface area contributed by atoms with Crippen LogP contribution in [-0.2, 0) is 0 Å². The Bertz CT molecular complexity index is 744. The highest BCUT2D eigenvalue weighted by Gasteiger charge is 2.16. The number of nitrogens with two attached hydrogens (primary N) is 2. The fraction of sp³-hybridized carbons (Fsp3) is 0.111. The molecule has 0 bridgehead atoms. The molecular formula is C18H19N5. The van der Waals surface area contributed by atoms with E-state index >= 15 is 0 Å². The first kappa shape index (κ1) is 14.8. The Labute approximate surface area is 135 Å². The van der Waals surface area contributed by atoms with Crippen molar-refractivity contribution in [1.29, 1.82) is 0 Å². The summed E-state index contributed by atoms with van der Waals surface area (Å²) in [6.07, 6.45) is 0. The Morgan fingerprint density at radius 2 is 1.09 bits per heavy atom. The van der Waals surface area contributed by atoms with Crippen LogP contribution in [0.15, 0.2) is 54.6 Å². The van der Waals surface area contributed by atoms with Crippen molar-refractivity contribution < 1.29 is 0 Å². The monoisotopic (exact) mass is 305 g/mol.